The molecule has 350 valence electrons. The van der Waals surface area contributed by atoms with Gasteiger partial charge in [0, 0.05) is 12.3 Å². The lowest BCUT2D eigenvalue weighted by atomic mass is 9.44. The van der Waals surface area contributed by atoms with Crippen molar-refractivity contribution in [2.45, 2.75) is 196 Å². The molecule has 5 aliphatic heterocycles. The van der Waals surface area contributed by atoms with Crippen LogP contribution in [0.4, 0.5) is 0 Å². The maximum absolute atomic E-state index is 11.4. The predicted octanol–water partition coefficient (Wildman–Crippen LogP) is -0.0945. The normalized spacial score (nSPS) is 58.5. The van der Waals surface area contributed by atoms with Crippen LogP contribution in [0.5, 0.6) is 0 Å². The van der Waals surface area contributed by atoms with Crippen LogP contribution in [0, 0.1) is 52.3 Å². The Morgan fingerprint density at radius 1 is 0.607 bits per heavy atom. The molecule has 0 aromatic rings. The van der Waals surface area contributed by atoms with Crippen molar-refractivity contribution in [2.24, 2.45) is 52.3 Å². The highest BCUT2D eigenvalue weighted by molar-refractivity contribution is 5.15. The lowest BCUT2D eigenvalue weighted by Crippen LogP contribution is -2.66. The molecule has 17 nitrogen and oxygen atoms in total. The summed E-state index contributed by atoms with van der Waals surface area (Å²) in [5.74, 6) is 3.25. The van der Waals surface area contributed by atoms with E-state index < -0.39 is 105 Å². The van der Waals surface area contributed by atoms with Crippen molar-refractivity contribution in [2.75, 3.05) is 26.4 Å². The summed E-state index contributed by atoms with van der Waals surface area (Å²) in [7, 11) is 0. The van der Waals surface area contributed by atoms with E-state index in [1.54, 1.807) is 0 Å². The minimum absolute atomic E-state index is 0.121. The topological polar surface area (TPSA) is 256 Å². The molecule has 0 aromatic heterocycles. The number of rotatable bonds is 8. The molecule has 0 amide bonds. The van der Waals surface area contributed by atoms with Crippen molar-refractivity contribution >= 4 is 0 Å². The van der Waals surface area contributed by atoms with Crippen LogP contribution >= 0.6 is 0 Å². The first kappa shape index (κ1) is 45.5. The summed E-state index contributed by atoms with van der Waals surface area (Å²) in [4.78, 5) is 0. The van der Waals surface area contributed by atoms with Gasteiger partial charge in [0.05, 0.1) is 38.6 Å². The zero-order valence-corrected chi connectivity index (χ0v) is 36.0. The van der Waals surface area contributed by atoms with E-state index in [1.807, 2.05) is 0 Å². The van der Waals surface area contributed by atoms with Crippen molar-refractivity contribution < 1.29 is 83.9 Å². The SMILES string of the molecule is C[C@@H]1CC[C@@]2(OC1)O[C@@H]1C[C@H]3[C@@H]4CC[C@H]5C[C@H](O[C@H]6O[C@@H](CO)[C@H](O)[C@@H](O)[C@@H]6O[C@H]6O[C@@H](CO)[C@H](O[C@H]7OC[C@H](O)[C@@H](O)[C@@H]7O)[C@@H](O)[C@@H]6O)CC[C@@]5(C)[C@H]4CC[C@@]3(C)[C@@H]1[C@H]2C. The van der Waals surface area contributed by atoms with E-state index in [2.05, 4.69) is 27.7 Å². The molecule has 9 fully saturated rings. The fourth-order valence-corrected chi connectivity index (χ4v) is 14.4. The van der Waals surface area contributed by atoms with Crippen LogP contribution in [-0.4, -0.2) is 176 Å². The number of aliphatic hydroxyl groups excluding tert-OH is 9. The highest BCUT2D eigenvalue weighted by Crippen LogP contribution is 2.71. The molecule has 9 aliphatic rings. The average molecular weight is 873 g/mol. The number of aliphatic hydroxyl groups is 9. The molecule has 4 saturated carbocycles. The summed E-state index contributed by atoms with van der Waals surface area (Å²) in [5, 5.41) is 95.3. The number of fused-ring (bicyclic) bond motifs is 7. The molecule has 26 atom stereocenters. The van der Waals surface area contributed by atoms with Crippen LogP contribution in [0.25, 0.3) is 0 Å². The zero-order chi connectivity index (χ0) is 43.3. The summed E-state index contributed by atoms with van der Waals surface area (Å²) >= 11 is 0. The first-order chi connectivity index (χ1) is 29.0. The molecule has 1 spiro atoms. The summed E-state index contributed by atoms with van der Waals surface area (Å²) < 4.78 is 49.1. The molecule has 0 unspecified atom stereocenters. The lowest BCUT2D eigenvalue weighted by Gasteiger charge is -2.61. The maximum atomic E-state index is 11.4. The zero-order valence-electron chi connectivity index (χ0n) is 36.0. The maximum Gasteiger partial charge on any atom is 0.187 e. The third-order valence-corrected chi connectivity index (χ3v) is 17.9. The average Bonchev–Trinajstić information content (AvgIpc) is 3.69. The van der Waals surface area contributed by atoms with Gasteiger partial charge in [-0.05, 0) is 104 Å². The lowest BCUT2D eigenvalue weighted by molar-refractivity contribution is -0.384. The van der Waals surface area contributed by atoms with Crippen LogP contribution < -0.4 is 0 Å². The van der Waals surface area contributed by atoms with Crippen LogP contribution in [-0.2, 0) is 37.9 Å². The van der Waals surface area contributed by atoms with E-state index in [0.717, 1.165) is 58.0 Å². The third-order valence-electron chi connectivity index (χ3n) is 17.9. The van der Waals surface area contributed by atoms with Gasteiger partial charge in [-0.25, -0.2) is 0 Å². The van der Waals surface area contributed by atoms with Gasteiger partial charge >= 0.3 is 0 Å². The first-order valence-electron chi connectivity index (χ1n) is 23.2. The Balaban J connectivity index is 0.853. The molecule has 61 heavy (non-hydrogen) atoms. The molecule has 9 rings (SSSR count). The molecule has 0 radical (unpaired) electrons. The molecular formula is C44H72O17. The summed E-state index contributed by atoms with van der Waals surface area (Å²) in [6.45, 7) is 8.74. The second kappa shape index (κ2) is 17.2. The van der Waals surface area contributed by atoms with E-state index >= 15 is 0 Å². The molecular weight excluding hydrogens is 800 g/mol. The van der Waals surface area contributed by atoms with Crippen molar-refractivity contribution in [3.05, 3.63) is 0 Å². The number of ether oxygens (including phenoxy) is 8. The predicted molar refractivity (Wildman–Crippen MR) is 210 cm³/mol. The summed E-state index contributed by atoms with van der Waals surface area (Å²) in [6, 6.07) is 0. The van der Waals surface area contributed by atoms with Gasteiger partial charge < -0.3 is 83.9 Å². The van der Waals surface area contributed by atoms with Gasteiger partial charge in [-0.3, -0.25) is 0 Å². The van der Waals surface area contributed by atoms with Crippen molar-refractivity contribution in [3.63, 3.8) is 0 Å². The number of hydrogen-bond donors (Lipinski definition) is 9. The van der Waals surface area contributed by atoms with Gasteiger partial charge in [0.25, 0.3) is 0 Å². The Kier molecular flexibility index (Phi) is 12.8. The van der Waals surface area contributed by atoms with Gasteiger partial charge in [-0.15, -0.1) is 0 Å². The first-order valence-corrected chi connectivity index (χ1v) is 23.2. The van der Waals surface area contributed by atoms with E-state index in [4.69, 9.17) is 37.9 Å². The largest absolute Gasteiger partial charge is 0.394 e. The Hall–Kier alpha value is -0.680. The Bertz CT molecular complexity index is 1520. The van der Waals surface area contributed by atoms with E-state index in [-0.39, 0.29) is 29.6 Å². The second-order valence-electron chi connectivity index (χ2n) is 21.1. The minimum Gasteiger partial charge on any atom is -0.394 e. The van der Waals surface area contributed by atoms with Gasteiger partial charge in [-0.1, -0.05) is 27.7 Å². The third kappa shape index (κ3) is 7.58. The van der Waals surface area contributed by atoms with Crippen molar-refractivity contribution in [1.82, 2.24) is 0 Å². The van der Waals surface area contributed by atoms with Crippen LogP contribution in [0.2, 0.25) is 0 Å². The van der Waals surface area contributed by atoms with Gasteiger partial charge in [0.15, 0.2) is 24.7 Å². The van der Waals surface area contributed by atoms with Gasteiger partial charge in [-0.2, -0.15) is 0 Å². The molecule has 0 bridgehead atoms. The molecule has 0 aromatic carbocycles. The van der Waals surface area contributed by atoms with E-state index in [1.165, 1.54) is 12.8 Å². The van der Waals surface area contributed by atoms with Crippen LogP contribution in [0.3, 0.4) is 0 Å². The number of hydrogen-bond acceptors (Lipinski definition) is 17. The van der Waals surface area contributed by atoms with E-state index in [0.29, 0.717) is 41.4 Å². The molecule has 5 heterocycles. The quantitative estimate of drug-likeness (QED) is 0.145. The molecule has 5 saturated heterocycles. The molecule has 9 N–H and O–H groups in total. The van der Waals surface area contributed by atoms with E-state index in [9.17, 15) is 46.0 Å². The monoisotopic (exact) mass is 872 g/mol. The Morgan fingerprint density at radius 3 is 2.02 bits per heavy atom. The standard InChI is InChI=1S/C44H72O17/c1-19-7-12-44(55-17-19)20(2)30-27(61-44)14-25-23-6-5-21-13-22(8-10-42(21,3)24(23)9-11-43(25,30)4)56-41-38(33(50)32(49)28(15-45)57-41)60-40-36(53)34(51)37(29(16-46)58-40)59-39-35(52)31(48)26(47)18-54-39/h19-41,45-53H,5-18H2,1-4H3/t19-,20-,21+,22-,23-,24+,25+,26+,27-,28+,29+,30-,31-,32+,33-,34+,35+,36+,37+,38+,39-,40-,41+,42-,43-,44-/m1/s1. The molecule has 4 aliphatic carbocycles. The highest BCUT2D eigenvalue weighted by Gasteiger charge is 2.69. The fraction of sp³-hybridized carbons (Fsp3) is 1.00. The second-order valence-corrected chi connectivity index (χ2v) is 21.1. The van der Waals surface area contributed by atoms with Gasteiger partial charge in [0.2, 0.25) is 0 Å². The Morgan fingerprint density at radius 2 is 1.30 bits per heavy atom. The van der Waals surface area contributed by atoms with Gasteiger partial charge in [0.1, 0.15) is 67.1 Å². The fourth-order valence-electron chi connectivity index (χ4n) is 14.4. The highest BCUT2D eigenvalue weighted by atomic mass is 16.8. The van der Waals surface area contributed by atoms with Crippen molar-refractivity contribution in [3.8, 4) is 0 Å². The van der Waals surface area contributed by atoms with Crippen LogP contribution in [0.15, 0.2) is 0 Å². The summed E-state index contributed by atoms with van der Waals surface area (Å²) in [6.07, 6.45) is -11.3. The minimum atomic E-state index is -1.84. The van der Waals surface area contributed by atoms with Crippen LogP contribution in [0.1, 0.15) is 91.9 Å². The van der Waals surface area contributed by atoms with Crippen molar-refractivity contribution in [1.29, 1.82) is 0 Å². The summed E-state index contributed by atoms with van der Waals surface area (Å²) in [5.41, 5.74) is 0.347. The Labute approximate surface area is 357 Å². The smallest absolute Gasteiger partial charge is 0.187 e. The molecule has 17 heteroatoms.